The van der Waals surface area contributed by atoms with Gasteiger partial charge >= 0.3 is 18.0 Å². The zero-order valence-electron chi connectivity index (χ0n) is 14.2. The van der Waals surface area contributed by atoms with E-state index in [1.54, 1.807) is 6.07 Å². The number of unbranched alkanes of at least 4 members (excludes halogenated alkanes) is 1. The monoisotopic (exact) mass is 357 g/mol. The molecule has 0 fully saturated rings. The van der Waals surface area contributed by atoms with Crippen LogP contribution in [0, 0.1) is 0 Å². The molecule has 0 aliphatic rings. The van der Waals surface area contributed by atoms with E-state index in [1.807, 2.05) is 6.92 Å². The molecule has 0 saturated carbocycles. The van der Waals surface area contributed by atoms with E-state index in [4.69, 9.17) is 14.6 Å². The van der Waals surface area contributed by atoms with E-state index < -0.39 is 18.0 Å². The normalized spacial score (nSPS) is 10.0. The van der Waals surface area contributed by atoms with Crippen LogP contribution in [-0.4, -0.2) is 29.7 Å². The summed E-state index contributed by atoms with van der Waals surface area (Å²) in [6.45, 7) is 2.37. The van der Waals surface area contributed by atoms with Crippen LogP contribution in [0.15, 0.2) is 48.5 Å². The van der Waals surface area contributed by atoms with Crippen molar-refractivity contribution in [2.75, 3.05) is 11.9 Å². The summed E-state index contributed by atoms with van der Waals surface area (Å²) in [7, 11) is 0. The van der Waals surface area contributed by atoms with Crippen molar-refractivity contribution in [3.63, 3.8) is 0 Å². The van der Waals surface area contributed by atoms with Gasteiger partial charge in [-0.1, -0.05) is 25.5 Å². The summed E-state index contributed by atoms with van der Waals surface area (Å²) >= 11 is 0. The van der Waals surface area contributed by atoms with Gasteiger partial charge in [-0.3, -0.25) is 5.32 Å². The van der Waals surface area contributed by atoms with E-state index in [1.165, 1.54) is 42.5 Å². The molecule has 0 atom stereocenters. The Balaban J connectivity index is 1.95. The van der Waals surface area contributed by atoms with Crippen LogP contribution in [0.2, 0.25) is 0 Å². The number of carboxylic acid groups (broad SMARTS) is 1. The summed E-state index contributed by atoms with van der Waals surface area (Å²) in [5.74, 6) is -1.68. The van der Waals surface area contributed by atoms with Gasteiger partial charge in [-0.25, -0.2) is 14.4 Å². The molecule has 2 aromatic rings. The molecule has 26 heavy (non-hydrogen) atoms. The number of anilines is 1. The molecule has 0 spiro atoms. The van der Waals surface area contributed by atoms with Crippen LogP contribution in [0.1, 0.15) is 40.5 Å². The number of carboxylic acids is 1. The van der Waals surface area contributed by atoms with Crippen molar-refractivity contribution < 1.29 is 29.0 Å². The number of aromatic carboxylic acids is 1. The van der Waals surface area contributed by atoms with Gasteiger partial charge in [-0.05, 0) is 42.8 Å². The Hall–Kier alpha value is -3.35. The van der Waals surface area contributed by atoms with E-state index in [2.05, 4.69) is 5.32 Å². The first kappa shape index (κ1) is 19.0. The Labute approximate surface area is 150 Å². The second-order valence-corrected chi connectivity index (χ2v) is 5.38. The molecular weight excluding hydrogens is 338 g/mol. The molecule has 7 nitrogen and oxygen atoms in total. The predicted molar refractivity (Wildman–Crippen MR) is 94.7 cm³/mol. The molecule has 7 heteroatoms. The molecule has 136 valence electrons. The second kappa shape index (κ2) is 9.22. The maximum absolute atomic E-state index is 11.9. The molecular formula is C19H19NO6. The quantitative estimate of drug-likeness (QED) is 0.574. The lowest BCUT2D eigenvalue weighted by atomic mass is 10.2. The van der Waals surface area contributed by atoms with Crippen molar-refractivity contribution >= 4 is 23.7 Å². The average molecular weight is 357 g/mol. The predicted octanol–water partition coefficient (Wildman–Crippen LogP) is 3.95. The van der Waals surface area contributed by atoms with Gasteiger partial charge in [0.25, 0.3) is 0 Å². The number of ether oxygens (including phenoxy) is 2. The summed E-state index contributed by atoms with van der Waals surface area (Å²) in [4.78, 5) is 34.8. The van der Waals surface area contributed by atoms with Gasteiger partial charge in [0.2, 0.25) is 0 Å². The zero-order chi connectivity index (χ0) is 18.9. The third-order valence-corrected chi connectivity index (χ3v) is 3.42. The molecule has 0 radical (unpaired) electrons. The maximum atomic E-state index is 11.9. The van der Waals surface area contributed by atoms with Crippen LogP contribution in [0.3, 0.4) is 0 Å². The lowest BCUT2D eigenvalue weighted by Crippen LogP contribution is -2.18. The number of rotatable bonds is 7. The molecule has 0 aliphatic heterocycles. The van der Waals surface area contributed by atoms with Crippen LogP contribution in [0.5, 0.6) is 5.75 Å². The average Bonchev–Trinajstić information content (AvgIpc) is 2.62. The van der Waals surface area contributed by atoms with Crippen molar-refractivity contribution in [1.82, 2.24) is 0 Å². The highest BCUT2D eigenvalue weighted by Crippen LogP contribution is 2.19. The molecule has 2 rings (SSSR count). The summed E-state index contributed by atoms with van der Waals surface area (Å²) in [6.07, 6.45) is 0.898. The molecule has 0 aromatic heterocycles. The number of amides is 1. The lowest BCUT2D eigenvalue weighted by Gasteiger charge is -2.09. The van der Waals surface area contributed by atoms with Gasteiger partial charge in [-0.15, -0.1) is 0 Å². The molecule has 0 saturated heterocycles. The van der Waals surface area contributed by atoms with E-state index in [0.29, 0.717) is 17.9 Å². The summed E-state index contributed by atoms with van der Waals surface area (Å²) in [6, 6.07) is 11.9. The summed E-state index contributed by atoms with van der Waals surface area (Å²) < 4.78 is 10.1. The number of benzene rings is 2. The molecule has 0 unspecified atom stereocenters. The fourth-order valence-corrected chi connectivity index (χ4v) is 2.06. The van der Waals surface area contributed by atoms with Crippen molar-refractivity contribution in [3.05, 3.63) is 59.7 Å². The fourth-order valence-electron chi connectivity index (χ4n) is 2.06. The number of carbonyl (C=O) groups excluding carboxylic acids is 2. The Kier molecular flexibility index (Phi) is 6.73. The molecule has 2 N–H and O–H groups in total. The van der Waals surface area contributed by atoms with Gasteiger partial charge in [0.15, 0.2) is 0 Å². The second-order valence-electron chi connectivity index (χ2n) is 5.38. The van der Waals surface area contributed by atoms with Crippen LogP contribution < -0.4 is 10.1 Å². The zero-order valence-corrected chi connectivity index (χ0v) is 14.2. The third-order valence-electron chi connectivity index (χ3n) is 3.42. The van der Waals surface area contributed by atoms with Crippen molar-refractivity contribution in [3.8, 4) is 5.75 Å². The molecule has 1 amide bonds. The van der Waals surface area contributed by atoms with Gasteiger partial charge in [0.05, 0.1) is 12.2 Å². The number of hydrogen-bond acceptors (Lipinski definition) is 5. The smallest absolute Gasteiger partial charge is 0.417 e. The van der Waals surface area contributed by atoms with Crippen molar-refractivity contribution in [2.45, 2.75) is 19.8 Å². The van der Waals surface area contributed by atoms with E-state index in [9.17, 15) is 14.4 Å². The Bertz CT molecular complexity index is 785. The minimum Gasteiger partial charge on any atom is -0.478 e. The number of para-hydroxylation sites is 1. The maximum Gasteiger partial charge on any atom is 0.417 e. The van der Waals surface area contributed by atoms with Crippen LogP contribution in [0.4, 0.5) is 10.5 Å². The number of carbonyl (C=O) groups is 3. The Morgan fingerprint density at radius 1 is 1.04 bits per heavy atom. The van der Waals surface area contributed by atoms with Crippen molar-refractivity contribution in [1.29, 1.82) is 0 Å². The van der Waals surface area contributed by atoms with Gasteiger partial charge in [-0.2, -0.15) is 0 Å². The number of esters is 1. The first-order valence-electron chi connectivity index (χ1n) is 8.09. The highest BCUT2D eigenvalue weighted by Gasteiger charge is 2.14. The minimum atomic E-state index is -1.20. The summed E-state index contributed by atoms with van der Waals surface area (Å²) in [5, 5.41) is 11.5. The highest BCUT2D eigenvalue weighted by molar-refractivity contribution is 5.94. The highest BCUT2D eigenvalue weighted by atomic mass is 16.6. The van der Waals surface area contributed by atoms with Crippen LogP contribution >= 0.6 is 0 Å². The summed E-state index contributed by atoms with van der Waals surface area (Å²) in [5.41, 5.74) is 0.650. The van der Waals surface area contributed by atoms with Crippen molar-refractivity contribution in [2.24, 2.45) is 0 Å². The molecule has 0 bridgehead atoms. The minimum absolute atomic E-state index is 0.0615. The van der Waals surface area contributed by atoms with E-state index in [0.717, 1.165) is 12.8 Å². The first-order chi connectivity index (χ1) is 12.5. The van der Waals surface area contributed by atoms with E-state index >= 15 is 0 Å². The third kappa shape index (κ3) is 5.34. The number of hydrogen-bond donors (Lipinski definition) is 2. The molecule has 2 aromatic carbocycles. The fraction of sp³-hybridized carbons (Fsp3) is 0.211. The number of nitrogens with one attached hydrogen (secondary N) is 1. The standard InChI is InChI=1S/C19H19NO6/c1-2-3-12-25-18(23)13-8-10-14(11-9-13)20-19(24)26-16-7-5-4-6-15(16)17(21)22/h4-11H,2-3,12H2,1H3,(H,20,24)(H,21,22). The lowest BCUT2D eigenvalue weighted by molar-refractivity contribution is 0.0499. The van der Waals surface area contributed by atoms with Crippen LogP contribution in [0.25, 0.3) is 0 Å². The Morgan fingerprint density at radius 3 is 2.38 bits per heavy atom. The Morgan fingerprint density at radius 2 is 1.73 bits per heavy atom. The van der Waals surface area contributed by atoms with Gasteiger partial charge in [0, 0.05) is 5.69 Å². The van der Waals surface area contributed by atoms with Gasteiger partial charge < -0.3 is 14.6 Å². The SMILES string of the molecule is CCCCOC(=O)c1ccc(NC(=O)Oc2ccccc2C(=O)O)cc1. The first-order valence-corrected chi connectivity index (χ1v) is 8.09. The topological polar surface area (TPSA) is 102 Å². The largest absolute Gasteiger partial charge is 0.478 e. The molecule has 0 heterocycles. The van der Waals surface area contributed by atoms with E-state index in [-0.39, 0.29) is 11.3 Å². The van der Waals surface area contributed by atoms with Gasteiger partial charge in [0.1, 0.15) is 11.3 Å². The molecule has 0 aliphatic carbocycles. The van der Waals surface area contributed by atoms with Crippen LogP contribution in [-0.2, 0) is 4.74 Å².